The fraction of sp³-hybridized carbons (Fsp3) is 0.944. The van der Waals surface area contributed by atoms with Gasteiger partial charge in [0.2, 0.25) is 0 Å². The maximum absolute atomic E-state index is 10.3. The zero-order chi connectivity index (χ0) is 14.9. The van der Waals surface area contributed by atoms with Crippen molar-refractivity contribution in [3.63, 3.8) is 0 Å². The van der Waals surface area contributed by atoms with Crippen molar-refractivity contribution in [2.75, 3.05) is 0 Å². The van der Waals surface area contributed by atoms with Crippen molar-refractivity contribution in [1.82, 2.24) is 0 Å². The van der Waals surface area contributed by atoms with E-state index in [9.17, 15) is 4.79 Å². The van der Waals surface area contributed by atoms with Gasteiger partial charge in [-0.2, -0.15) is 0 Å². The van der Waals surface area contributed by atoms with Gasteiger partial charge in [-0.15, -0.1) is 0 Å². The highest BCUT2D eigenvalue weighted by molar-refractivity contribution is 5.75. The van der Waals surface area contributed by atoms with E-state index in [0.717, 1.165) is 12.8 Å². The van der Waals surface area contributed by atoms with E-state index in [4.69, 9.17) is 5.11 Å². The summed E-state index contributed by atoms with van der Waals surface area (Å²) in [6, 6.07) is 0. The monoisotopic (exact) mass is 348 g/mol. The minimum Gasteiger partial charge on any atom is -0.481 e. The normalized spacial score (nSPS) is 9.43. The highest BCUT2D eigenvalue weighted by atomic mass is 27.0. The molecular weight excluding hydrogens is 307 g/mol. The molecule has 23 heavy (non-hydrogen) atoms. The number of rotatable bonds is 16. The summed E-state index contributed by atoms with van der Waals surface area (Å²) in [5.41, 5.74) is 0. The van der Waals surface area contributed by atoms with Crippen LogP contribution in [0.5, 0.6) is 0 Å². The molecule has 5 N–H and O–H groups in total. The summed E-state index contributed by atoms with van der Waals surface area (Å²) in [5, 5.41) is 8.52. The van der Waals surface area contributed by atoms with Crippen LogP contribution in [0.15, 0.2) is 0 Å². The number of hydrogen-bond acceptors (Lipinski definition) is 1. The summed E-state index contributed by atoms with van der Waals surface area (Å²) in [4.78, 5) is 10.3. The predicted octanol–water partition coefficient (Wildman–Crippen LogP) is 4.03. The summed E-state index contributed by atoms with van der Waals surface area (Å²) >= 11 is 0. The molecule has 0 aromatic heterocycles. The van der Waals surface area contributed by atoms with E-state index in [1.165, 1.54) is 83.5 Å². The average Bonchev–Trinajstić information content (AvgIpc) is 2.43. The molecule has 0 unspecified atom stereocenters. The lowest BCUT2D eigenvalue weighted by molar-refractivity contribution is -0.137. The number of unbranched alkanes of at least 4 members (excludes halogenated alkanes) is 14. The molecule has 0 atom stereocenters. The van der Waals surface area contributed by atoms with Crippen LogP contribution < -0.4 is 0 Å². The molecule has 0 saturated heterocycles. The number of carboxylic acid groups (broad SMARTS) is 1. The number of carboxylic acids is 1. The Hall–Kier alpha value is -0.0775. The molecule has 0 fully saturated rings. The fourth-order valence-corrected chi connectivity index (χ4v) is 2.65. The van der Waals surface area contributed by atoms with Gasteiger partial charge in [0.05, 0.1) is 17.4 Å². The summed E-state index contributed by atoms with van der Waals surface area (Å²) in [6.07, 6.45) is 20.2. The lowest BCUT2D eigenvalue weighted by Gasteiger charge is -2.03. The molecule has 0 aliphatic heterocycles. The van der Waals surface area contributed by atoms with E-state index in [-0.39, 0.29) is 28.3 Å². The topological polar surface area (TPSA) is 100 Å². The van der Waals surface area contributed by atoms with Crippen LogP contribution in [0.3, 0.4) is 0 Å². The first-order chi connectivity index (χ1) is 9.77. The van der Waals surface area contributed by atoms with Gasteiger partial charge in [-0.25, -0.2) is 0 Å². The van der Waals surface area contributed by atoms with Gasteiger partial charge in [-0.3, -0.25) is 4.79 Å². The number of aliphatic carboxylic acids is 1. The van der Waals surface area contributed by atoms with Crippen LogP contribution in [0.2, 0.25) is 0 Å². The molecule has 0 aliphatic carbocycles. The SMILES string of the molecule is CCCCCCCCCCCCCCCCCC(=O)O.O.O.[AlH]. The van der Waals surface area contributed by atoms with Crippen molar-refractivity contribution in [2.45, 2.75) is 110 Å². The average molecular weight is 349 g/mol. The third-order valence-corrected chi connectivity index (χ3v) is 3.99. The smallest absolute Gasteiger partial charge is 0.303 e. The maximum Gasteiger partial charge on any atom is 0.303 e. The van der Waals surface area contributed by atoms with E-state index in [1.54, 1.807) is 0 Å². The Morgan fingerprint density at radius 3 is 1.13 bits per heavy atom. The van der Waals surface area contributed by atoms with Crippen LogP contribution in [-0.4, -0.2) is 39.4 Å². The highest BCUT2D eigenvalue weighted by Gasteiger charge is 1.97. The lowest BCUT2D eigenvalue weighted by Crippen LogP contribution is -1.93. The van der Waals surface area contributed by atoms with Gasteiger partial charge in [0.1, 0.15) is 0 Å². The summed E-state index contributed by atoms with van der Waals surface area (Å²) in [7, 11) is 0. The summed E-state index contributed by atoms with van der Waals surface area (Å²) in [6.45, 7) is 2.27. The molecule has 0 aromatic rings. The van der Waals surface area contributed by atoms with E-state index in [0.29, 0.717) is 6.42 Å². The van der Waals surface area contributed by atoms with E-state index < -0.39 is 5.97 Å². The Kier molecular flexibility index (Phi) is 35.9. The Bertz CT molecular complexity index is 213. The number of hydrogen-bond donors (Lipinski definition) is 1. The second kappa shape index (κ2) is 26.8. The Labute approximate surface area is 154 Å². The first kappa shape index (κ1) is 30.8. The van der Waals surface area contributed by atoms with Crippen LogP contribution in [0, 0.1) is 0 Å². The maximum atomic E-state index is 10.3. The largest absolute Gasteiger partial charge is 0.481 e. The molecule has 0 saturated carbocycles. The van der Waals surface area contributed by atoms with Crippen molar-refractivity contribution in [3.8, 4) is 0 Å². The quantitative estimate of drug-likeness (QED) is 0.336. The Morgan fingerprint density at radius 2 is 0.870 bits per heavy atom. The lowest BCUT2D eigenvalue weighted by atomic mass is 10.0. The molecule has 0 aliphatic rings. The molecule has 4 nitrogen and oxygen atoms in total. The van der Waals surface area contributed by atoms with Crippen molar-refractivity contribution >= 4 is 23.3 Å². The zero-order valence-electron chi connectivity index (χ0n) is 15.4. The van der Waals surface area contributed by atoms with Crippen LogP contribution in [0.1, 0.15) is 110 Å². The van der Waals surface area contributed by atoms with Gasteiger partial charge in [-0.05, 0) is 6.42 Å². The van der Waals surface area contributed by atoms with Crippen LogP contribution in [0.4, 0.5) is 0 Å². The third kappa shape index (κ3) is 30.4. The fourth-order valence-electron chi connectivity index (χ4n) is 2.65. The second-order valence-corrected chi connectivity index (χ2v) is 6.09. The van der Waals surface area contributed by atoms with Crippen molar-refractivity contribution < 1.29 is 20.9 Å². The van der Waals surface area contributed by atoms with Crippen molar-refractivity contribution in [3.05, 3.63) is 0 Å². The van der Waals surface area contributed by atoms with E-state index in [1.807, 2.05) is 0 Å². The van der Waals surface area contributed by atoms with Gasteiger partial charge in [-0.1, -0.05) is 96.8 Å². The Morgan fingerprint density at radius 1 is 0.609 bits per heavy atom. The number of carbonyl (C=O) groups is 1. The molecule has 0 heterocycles. The molecule has 140 valence electrons. The second-order valence-electron chi connectivity index (χ2n) is 6.09. The molecule has 0 amide bonds. The molecule has 2 radical (unpaired) electrons. The third-order valence-electron chi connectivity index (χ3n) is 3.99. The first-order valence-electron chi connectivity index (χ1n) is 8.99. The molecule has 5 heteroatoms. The van der Waals surface area contributed by atoms with Gasteiger partial charge < -0.3 is 16.1 Å². The molecule has 0 bridgehead atoms. The molecule has 0 rings (SSSR count). The highest BCUT2D eigenvalue weighted by Crippen LogP contribution is 2.13. The predicted molar refractivity (Wildman–Crippen MR) is 102 cm³/mol. The van der Waals surface area contributed by atoms with Crippen molar-refractivity contribution in [1.29, 1.82) is 0 Å². The van der Waals surface area contributed by atoms with E-state index >= 15 is 0 Å². The van der Waals surface area contributed by atoms with Gasteiger partial charge in [0.25, 0.3) is 0 Å². The minimum atomic E-state index is -0.653. The summed E-state index contributed by atoms with van der Waals surface area (Å²) < 4.78 is 0. The standard InChI is InChI=1S/C18H36O2.Al.2H2O.H/c1-2-3-4-5-6-7-8-9-10-11-12-13-14-15-16-17-18(19)20;;;;/h2-17H2,1H3,(H,19,20);;2*1H2;. The summed E-state index contributed by atoms with van der Waals surface area (Å²) in [5.74, 6) is -0.653. The molecule has 0 spiro atoms. The van der Waals surface area contributed by atoms with Crippen LogP contribution in [0.25, 0.3) is 0 Å². The van der Waals surface area contributed by atoms with Gasteiger partial charge in [0.15, 0.2) is 0 Å². The zero-order valence-corrected chi connectivity index (χ0v) is 16.8. The van der Waals surface area contributed by atoms with Gasteiger partial charge in [0, 0.05) is 6.42 Å². The van der Waals surface area contributed by atoms with Crippen molar-refractivity contribution in [2.24, 2.45) is 0 Å². The van der Waals surface area contributed by atoms with E-state index in [2.05, 4.69) is 6.92 Å². The van der Waals surface area contributed by atoms with Crippen LogP contribution in [-0.2, 0) is 4.79 Å². The Balaban J connectivity index is -0.000000602. The van der Waals surface area contributed by atoms with Crippen LogP contribution >= 0.6 is 0 Å². The van der Waals surface area contributed by atoms with Gasteiger partial charge >= 0.3 is 5.97 Å². The molecular formula is C18H41AlO4. The minimum absolute atomic E-state index is 0. The first-order valence-corrected chi connectivity index (χ1v) is 8.99. The molecule has 0 aromatic carbocycles.